The summed E-state index contributed by atoms with van der Waals surface area (Å²) in [7, 11) is -1.84. The van der Waals surface area contributed by atoms with Crippen LogP contribution in [0.2, 0.25) is 0 Å². The van der Waals surface area contributed by atoms with Gasteiger partial charge in [-0.05, 0) is 49.4 Å². The maximum atomic E-state index is 12.4. The number of hydrogen-bond donors (Lipinski definition) is 1. The van der Waals surface area contributed by atoms with Crippen molar-refractivity contribution in [2.45, 2.75) is 37.1 Å². The van der Waals surface area contributed by atoms with Gasteiger partial charge in [-0.3, -0.25) is 0 Å². The zero-order chi connectivity index (χ0) is 13.3. The number of fused-ring (bicyclic) bond motifs is 1. The Morgan fingerprint density at radius 1 is 1.32 bits per heavy atom. The van der Waals surface area contributed by atoms with Crippen molar-refractivity contribution in [3.63, 3.8) is 0 Å². The molecule has 108 valence electrons. The van der Waals surface area contributed by atoms with Crippen LogP contribution in [0, 0.1) is 0 Å². The summed E-state index contributed by atoms with van der Waals surface area (Å²) in [6.07, 6.45) is 3.16. The van der Waals surface area contributed by atoms with Gasteiger partial charge in [0.1, 0.15) is 0 Å². The molecule has 0 bridgehead atoms. The van der Waals surface area contributed by atoms with Crippen molar-refractivity contribution in [1.29, 1.82) is 0 Å². The lowest BCUT2D eigenvalue weighted by Gasteiger charge is -2.23. The number of benzene rings is 1. The van der Waals surface area contributed by atoms with Crippen molar-refractivity contribution in [2.24, 2.45) is 5.73 Å². The maximum Gasteiger partial charge on any atom is 0.243 e. The van der Waals surface area contributed by atoms with Crippen LogP contribution >= 0.6 is 12.4 Å². The average molecular weight is 305 g/mol. The molecule has 4 nitrogen and oxygen atoms in total. The van der Waals surface area contributed by atoms with Crippen LogP contribution in [0.1, 0.15) is 24.5 Å². The van der Waals surface area contributed by atoms with Crippen molar-refractivity contribution < 1.29 is 8.42 Å². The summed E-state index contributed by atoms with van der Waals surface area (Å²) < 4.78 is 26.2. The van der Waals surface area contributed by atoms with Gasteiger partial charge in [0.2, 0.25) is 10.0 Å². The molecule has 19 heavy (non-hydrogen) atoms. The van der Waals surface area contributed by atoms with Crippen LogP contribution in [0.4, 0.5) is 0 Å². The molecule has 0 saturated carbocycles. The Bertz CT molecular complexity index is 546. The molecule has 1 unspecified atom stereocenters. The van der Waals surface area contributed by atoms with E-state index in [1.54, 1.807) is 13.1 Å². The molecule has 0 amide bonds. The highest BCUT2D eigenvalue weighted by Gasteiger charge is 2.25. The zero-order valence-electron chi connectivity index (χ0n) is 11.3. The SMILES string of the molecule is CC(CN)N(C)S(=O)(=O)c1ccc2c(c1)CCC2.Cl. The van der Waals surface area contributed by atoms with Crippen LogP contribution in [0.15, 0.2) is 23.1 Å². The number of rotatable bonds is 4. The van der Waals surface area contributed by atoms with E-state index in [4.69, 9.17) is 5.73 Å². The smallest absolute Gasteiger partial charge is 0.243 e. The van der Waals surface area contributed by atoms with Crippen molar-refractivity contribution in [3.05, 3.63) is 29.3 Å². The number of halogens is 1. The van der Waals surface area contributed by atoms with E-state index in [-0.39, 0.29) is 18.4 Å². The molecule has 1 aliphatic carbocycles. The Morgan fingerprint density at radius 2 is 1.95 bits per heavy atom. The first kappa shape index (κ1) is 16.4. The van der Waals surface area contributed by atoms with E-state index in [0.717, 1.165) is 19.3 Å². The molecule has 2 N–H and O–H groups in total. The molecule has 2 rings (SSSR count). The van der Waals surface area contributed by atoms with Crippen LogP contribution in [-0.4, -0.2) is 32.4 Å². The molecule has 1 atom stereocenters. The highest BCUT2D eigenvalue weighted by molar-refractivity contribution is 7.89. The fourth-order valence-electron chi connectivity index (χ4n) is 2.26. The fraction of sp³-hybridized carbons (Fsp3) is 0.538. The second kappa shape index (κ2) is 6.22. The minimum Gasteiger partial charge on any atom is -0.329 e. The lowest BCUT2D eigenvalue weighted by molar-refractivity contribution is 0.394. The van der Waals surface area contributed by atoms with E-state index in [1.807, 2.05) is 19.1 Å². The molecule has 0 aliphatic heterocycles. The third-order valence-electron chi connectivity index (χ3n) is 3.71. The molecule has 0 heterocycles. The molecule has 0 spiro atoms. The highest BCUT2D eigenvalue weighted by atomic mass is 35.5. The third kappa shape index (κ3) is 3.11. The molecule has 0 saturated heterocycles. The first-order valence-corrected chi connectivity index (χ1v) is 7.70. The molecule has 0 radical (unpaired) electrons. The van der Waals surface area contributed by atoms with E-state index in [9.17, 15) is 8.42 Å². The normalized spacial score (nSPS) is 16.0. The quantitative estimate of drug-likeness (QED) is 0.918. The van der Waals surface area contributed by atoms with Crippen molar-refractivity contribution in [1.82, 2.24) is 4.31 Å². The van der Waals surface area contributed by atoms with Gasteiger partial charge in [-0.1, -0.05) is 6.07 Å². The summed E-state index contributed by atoms with van der Waals surface area (Å²) >= 11 is 0. The van der Waals surface area contributed by atoms with Gasteiger partial charge in [-0.2, -0.15) is 4.31 Å². The fourth-order valence-corrected chi connectivity index (χ4v) is 3.68. The van der Waals surface area contributed by atoms with Crippen molar-refractivity contribution in [2.75, 3.05) is 13.6 Å². The summed E-state index contributed by atoms with van der Waals surface area (Å²) in [5, 5.41) is 0. The number of hydrogen-bond acceptors (Lipinski definition) is 3. The maximum absolute atomic E-state index is 12.4. The third-order valence-corrected chi connectivity index (χ3v) is 5.68. The van der Waals surface area contributed by atoms with Crippen LogP contribution in [-0.2, 0) is 22.9 Å². The van der Waals surface area contributed by atoms with E-state index >= 15 is 0 Å². The van der Waals surface area contributed by atoms with E-state index < -0.39 is 10.0 Å². The molecule has 0 aromatic heterocycles. The number of likely N-dealkylation sites (N-methyl/N-ethyl adjacent to an activating group) is 1. The van der Waals surface area contributed by atoms with Gasteiger partial charge in [0.05, 0.1) is 4.90 Å². The Hall–Kier alpha value is -0.620. The van der Waals surface area contributed by atoms with Crippen LogP contribution < -0.4 is 5.73 Å². The van der Waals surface area contributed by atoms with Gasteiger partial charge >= 0.3 is 0 Å². The predicted octanol–water partition coefficient (Wildman–Crippen LogP) is 1.56. The molecular weight excluding hydrogens is 284 g/mol. The molecular formula is C13H21ClN2O2S. The summed E-state index contributed by atoms with van der Waals surface area (Å²) in [6.45, 7) is 2.13. The molecule has 1 aromatic rings. The zero-order valence-corrected chi connectivity index (χ0v) is 12.9. The van der Waals surface area contributed by atoms with E-state index in [0.29, 0.717) is 11.4 Å². The topological polar surface area (TPSA) is 63.4 Å². The number of aryl methyl sites for hydroxylation is 2. The summed E-state index contributed by atoms with van der Waals surface area (Å²) in [5.41, 5.74) is 7.98. The highest BCUT2D eigenvalue weighted by Crippen LogP contribution is 2.26. The first-order valence-electron chi connectivity index (χ1n) is 6.26. The monoisotopic (exact) mass is 304 g/mol. The molecule has 1 aromatic carbocycles. The molecule has 6 heteroatoms. The first-order chi connectivity index (χ1) is 8.46. The number of nitrogens with zero attached hydrogens (tertiary/aromatic N) is 1. The largest absolute Gasteiger partial charge is 0.329 e. The Kier molecular flexibility index (Phi) is 5.38. The molecule has 0 fully saturated rings. The van der Waals surface area contributed by atoms with Crippen LogP contribution in [0.5, 0.6) is 0 Å². The average Bonchev–Trinajstić information content (AvgIpc) is 2.83. The summed E-state index contributed by atoms with van der Waals surface area (Å²) in [6, 6.07) is 5.27. The number of nitrogens with two attached hydrogens (primary N) is 1. The lowest BCUT2D eigenvalue weighted by atomic mass is 10.1. The standard InChI is InChI=1S/C13H20N2O2S.ClH/c1-10(9-14)15(2)18(16,17)13-7-6-11-4-3-5-12(11)8-13;/h6-8,10H,3-5,9,14H2,1-2H3;1H. The van der Waals surface area contributed by atoms with Crippen molar-refractivity contribution in [3.8, 4) is 0 Å². The van der Waals surface area contributed by atoms with E-state index in [2.05, 4.69) is 0 Å². The Labute approximate surface area is 121 Å². The Balaban J connectivity index is 0.00000180. The minimum atomic E-state index is -3.42. The van der Waals surface area contributed by atoms with Crippen LogP contribution in [0.3, 0.4) is 0 Å². The van der Waals surface area contributed by atoms with Gasteiger partial charge in [-0.15, -0.1) is 12.4 Å². The van der Waals surface area contributed by atoms with Gasteiger partial charge in [0, 0.05) is 19.6 Å². The van der Waals surface area contributed by atoms with Gasteiger partial charge < -0.3 is 5.73 Å². The van der Waals surface area contributed by atoms with E-state index in [1.165, 1.54) is 15.4 Å². The summed E-state index contributed by atoms with van der Waals surface area (Å²) in [4.78, 5) is 0.381. The second-order valence-electron chi connectivity index (χ2n) is 4.89. The van der Waals surface area contributed by atoms with Crippen molar-refractivity contribution >= 4 is 22.4 Å². The minimum absolute atomic E-state index is 0. The van der Waals surface area contributed by atoms with Gasteiger partial charge in [-0.25, -0.2) is 8.42 Å². The predicted molar refractivity (Wildman–Crippen MR) is 79.2 cm³/mol. The van der Waals surface area contributed by atoms with Gasteiger partial charge in [0.25, 0.3) is 0 Å². The lowest BCUT2D eigenvalue weighted by Crippen LogP contribution is -2.39. The van der Waals surface area contributed by atoms with Gasteiger partial charge in [0.15, 0.2) is 0 Å². The number of sulfonamides is 1. The summed E-state index contributed by atoms with van der Waals surface area (Å²) in [5.74, 6) is 0. The van der Waals surface area contributed by atoms with Crippen LogP contribution in [0.25, 0.3) is 0 Å². The molecule has 1 aliphatic rings. The Morgan fingerprint density at radius 3 is 2.58 bits per heavy atom. The second-order valence-corrected chi connectivity index (χ2v) is 6.89.